The van der Waals surface area contributed by atoms with Crippen LogP contribution in [0.3, 0.4) is 0 Å². The molecule has 2 heterocycles. The van der Waals surface area contributed by atoms with Crippen molar-refractivity contribution in [1.29, 1.82) is 5.26 Å². The number of carbonyl (C=O) groups is 1. The molecule has 0 bridgehead atoms. The summed E-state index contributed by atoms with van der Waals surface area (Å²) in [5, 5.41) is 22.6. The molecule has 0 spiro atoms. The zero-order valence-electron chi connectivity index (χ0n) is 12.6. The number of nitrogens with two attached hydrogens (primary N) is 2. The minimum atomic E-state index is -0.668. The summed E-state index contributed by atoms with van der Waals surface area (Å²) in [6, 6.07) is 3.84. The van der Waals surface area contributed by atoms with Gasteiger partial charge in [-0.2, -0.15) is 5.26 Å². The third-order valence-corrected chi connectivity index (χ3v) is 3.58. The molecule has 0 aliphatic heterocycles. The number of amides is 1. The average molecular weight is 325 g/mol. The van der Waals surface area contributed by atoms with E-state index >= 15 is 0 Å². The summed E-state index contributed by atoms with van der Waals surface area (Å²) in [7, 11) is 0. The summed E-state index contributed by atoms with van der Waals surface area (Å²) in [5.41, 5.74) is 11.9. The van der Waals surface area contributed by atoms with Gasteiger partial charge in [0.1, 0.15) is 11.9 Å². The maximum atomic E-state index is 11.5. The molecule has 10 heteroatoms. The van der Waals surface area contributed by atoms with Crippen molar-refractivity contribution >= 4 is 23.2 Å². The fourth-order valence-electron chi connectivity index (χ4n) is 2.33. The van der Waals surface area contributed by atoms with E-state index in [1.807, 2.05) is 6.07 Å². The highest BCUT2D eigenvalue weighted by atomic mass is 16.1. The molecule has 1 aliphatic carbocycles. The number of hydrogen-bond acceptors (Lipinski definition) is 9. The number of hydrogen-bond donors (Lipinski definition) is 4. The van der Waals surface area contributed by atoms with Gasteiger partial charge in [0.15, 0.2) is 17.2 Å². The number of anilines is 3. The van der Waals surface area contributed by atoms with Gasteiger partial charge < -0.3 is 22.1 Å². The predicted octanol–water partition coefficient (Wildman–Crippen LogP) is -0.118. The third kappa shape index (κ3) is 3.36. The first-order valence-electron chi connectivity index (χ1n) is 7.24. The van der Waals surface area contributed by atoms with Crippen LogP contribution in [0.4, 0.5) is 17.3 Å². The van der Waals surface area contributed by atoms with E-state index in [0.29, 0.717) is 17.3 Å². The molecule has 0 atom stereocenters. The summed E-state index contributed by atoms with van der Waals surface area (Å²) >= 11 is 0. The van der Waals surface area contributed by atoms with Crippen LogP contribution in [0.5, 0.6) is 0 Å². The fourth-order valence-corrected chi connectivity index (χ4v) is 2.33. The van der Waals surface area contributed by atoms with Crippen LogP contribution < -0.4 is 22.1 Å². The van der Waals surface area contributed by atoms with Gasteiger partial charge in [0, 0.05) is 18.2 Å². The Morgan fingerprint density at radius 3 is 2.62 bits per heavy atom. The summed E-state index contributed by atoms with van der Waals surface area (Å²) in [6.45, 7) is 0. The van der Waals surface area contributed by atoms with Crippen molar-refractivity contribution in [2.45, 2.75) is 24.9 Å². The number of nitrogens with one attached hydrogen (secondary N) is 2. The zero-order chi connectivity index (χ0) is 17.1. The first kappa shape index (κ1) is 15.6. The first-order chi connectivity index (χ1) is 11.5. The molecule has 6 N–H and O–H groups in total. The topological polar surface area (TPSA) is 169 Å². The molecule has 2 aromatic rings. The lowest BCUT2D eigenvalue weighted by molar-refractivity contribution is 0.0995. The van der Waals surface area contributed by atoms with Crippen LogP contribution in [0.25, 0.3) is 0 Å². The standard InChI is InChI=1S/C14H15N9O/c15-4-9-5-19-12(6-18-9)21-11-3-10(13(14(17)24)23-22-11)20-8-1-7(16)2-8/h3,5-8H,1-2,16H2,(H2,17,24)(H2,19,20,21,22). The van der Waals surface area contributed by atoms with Gasteiger partial charge in [-0.3, -0.25) is 4.79 Å². The number of nitrogens with zero attached hydrogens (tertiary/aromatic N) is 5. The van der Waals surface area contributed by atoms with E-state index in [0.717, 1.165) is 12.8 Å². The van der Waals surface area contributed by atoms with E-state index in [-0.39, 0.29) is 23.5 Å². The summed E-state index contributed by atoms with van der Waals surface area (Å²) < 4.78 is 0. The Labute approximate surface area is 137 Å². The molecule has 1 aliphatic rings. The molecule has 0 unspecified atom stereocenters. The maximum absolute atomic E-state index is 11.5. The molecule has 2 aromatic heterocycles. The first-order valence-corrected chi connectivity index (χ1v) is 7.24. The van der Waals surface area contributed by atoms with Gasteiger partial charge in [0.2, 0.25) is 0 Å². The third-order valence-electron chi connectivity index (χ3n) is 3.58. The zero-order valence-corrected chi connectivity index (χ0v) is 12.6. The Bertz CT molecular complexity index is 793. The lowest BCUT2D eigenvalue weighted by atomic mass is 9.87. The van der Waals surface area contributed by atoms with E-state index in [1.165, 1.54) is 12.4 Å². The lowest BCUT2D eigenvalue weighted by Crippen LogP contribution is -2.44. The normalized spacial score (nSPS) is 19.0. The molecule has 10 nitrogen and oxygen atoms in total. The molecular formula is C14H15N9O. The Morgan fingerprint density at radius 1 is 1.25 bits per heavy atom. The number of carbonyl (C=O) groups excluding carboxylic acids is 1. The molecule has 0 saturated heterocycles. The second kappa shape index (κ2) is 6.43. The Kier molecular flexibility index (Phi) is 4.17. The van der Waals surface area contributed by atoms with Gasteiger partial charge in [0.05, 0.1) is 18.1 Å². The second-order valence-corrected chi connectivity index (χ2v) is 5.45. The van der Waals surface area contributed by atoms with Crippen molar-refractivity contribution in [1.82, 2.24) is 20.2 Å². The molecular weight excluding hydrogens is 310 g/mol. The summed E-state index contributed by atoms with van der Waals surface area (Å²) in [4.78, 5) is 19.4. The SMILES string of the molecule is N#Cc1cnc(Nc2cc(NC3CC(N)C3)c(C(N)=O)nn2)cn1. The molecule has 0 aromatic carbocycles. The van der Waals surface area contributed by atoms with Crippen molar-refractivity contribution in [2.75, 3.05) is 10.6 Å². The smallest absolute Gasteiger partial charge is 0.271 e. The van der Waals surface area contributed by atoms with Crippen molar-refractivity contribution in [3.05, 3.63) is 29.8 Å². The molecule has 0 radical (unpaired) electrons. The van der Waals surface area contributed by atoms with Gasteiger partial charge in [-0.1, -0.05) is 0 Å². The quantitative estimate of drug-likeness (QED) is 0.585. The van der Waals surface area contributed by atoms with Crippen LogP contribution in [-0.4, -0.2) is 38.2 Å². The second-order valence-electron chi connectivity index (χ2n) is 5.45. The van der Waals surface area contributed by atoms with Crippen molar-refractivity contribution in [3.8, 4) is 6.07 Å². The van der Waals surface area contributed by atoms with E-state index in [4.69, 9.17) is 16.7 Å². The molecule has 24 heavy (non-hydrogen) atoms. The maximum Gasteiger partial charge on any atom is 0.271 e. The minimum Gasteiger partial charge on any atom is -0.380 e. The number of rotatable bonds is 5. The van der Waals surface area contributed by atoms with Crippen molar-refractivity contribution < 1.29 is 4.79 Å². The van der Waals surface area contributed by atoms with E-state index < -0.39 is 5.91 Å². The van der Waals surface area contributed by atoms with E-state index in [1.54, 1.807) is 6.07 Å². The van der Waals surface area contributed by atoms with Gasteiger partial charge in [0.25, 0.3) is 5.91 Å². The number of primary amides is 1. The monoisotopic (exact) mass is 325 g/mol. The molecule has 1 saturated carbocycles. The fraction of sp³-hybridized carbons (Fsp3) is 0.286. The van der Waals surface area contributed by atoms with Crippen molar-refractivity contribution in [2.24, 2.45) is 11.5 Å². The Hall–Kier alpha value is -3.32. The van der Waals surface area contributed by atoms with Crippen LogP contribution in [0, 0.1) is 11.3 Å². The molecule has 1 amide bonds. The summed E-state index contributed by atoms with van der Waals surface area (Å²) in [6.07, 6.45) is 4.36. The highest BCUT2D eigenvalue weighted by Gasteiger charge is 2.27. The largest absolute Gasteiger partial charge is 0.380 e. The van der Waals surface area contributed by atoms with Gasteiger partial charge in [-0.25, -0.2) is 9.97 Å². The van der Waals surface area contributed by atoms with Gasteiger partial charge in [-0.05, 0) is 12.8 Å². The number of aromatic nitrogens is 4. The van der Waals surface area contributed by atoms with E-state index in [2.05, 4.69) is 30.8 Å². The Morgan fingerprint density at radius 2 is 2.04 bits per heavy atom. The van der Waals surface area contributed by atoms with Gasteiger partial charge >= 0.3 is 0 Å². The predicted molar refractivity (Wildman–Crippen MR) is 85.2 cm³/mol. The highest BCUT2D eigenvalue weighted by molar-refractivity contribution is 5.96. The molecule has 3 rings (SSSR count). The average Bonchev–Trinajstić information content (AvgIpc) is 2.54. The molecule has 1 fully saturated rings. The van der Waals surface area contributed by atoms with Gasteiger partial charge in [-0.15, -0.1) is 10.2 Å². The van der Waals surface area contributed by atoms with Crippen LogP contribution in [-0.2, 0) is 0 Å². The Balaban J connectivity index is 1.80. The van der Waals surface area contributed by atoms with Crippen LogP contribution in [0.1, 0.15) is 29.0 Å². The number of nitriles is 1. The van der Waals surface area contributed by atoms with Crippen LogP contribution in [0.2, 0.25) is 0 Å². The minimum absolute atomic E-state index is 0.0620. The van der Waals surface area contributed by atoms with Crippen LogP contribution in [0.15, 0.2) is 18.5 Å². The van der Waals surface area contributed by atoms with Crippen LogP contribution >= 0.6 is 0 Å². The molecule has 122 valence electrons. The summed E-state index contributed by atoms with van der Waals surface area (Å²) in [5.74, 6) is 0.0928. The van der Waals surface area contributed by atoms with Crippen molar-refractivity contribution in [3.63, 3.8) is 0 Å². The highest BCUT2D eigenvalue weighted by Crippen LogP contribution is 2.25. The lowest BCUT2D eigenvalue weighted by Gasteiger charge is -2.34. The van der Waals surface area contributed by atoms with E-state index in [9.17, 15) is 4.79 Å².